The van der Waals surface area contributed by atoms with E-state index < -0.39 is 5.97 Å². The first-order valence-electron chi connectivity index (χ1n) is 8.31. The second-order valence-corrected chi connectivity index (χ2v) is 6.65. The lowest BCUT2D eigenvalue weighted by molar-refractivity contribution is -0.139. The van der Waals surface area contributed by atoms with Crippen LogP contribution in [-0.4, -0.2) is 47.1 Å². The third kappa shape index (κ3) is 4.99. The van der Waals surface area contributed by atoms with Crippen LogP contribution >= 0.6 is 0 Å². The van der Waals surface area contributed by atoms with E-state index in [4.69, 9.17) is 5.11 Å². The van der Waals surface area contributed by atoms with Crippen molar-refractivity contribution in [1.29, 1.82) is 0 Å². The van der Waals surface area contributed by atoms with Gasteiger partial charge in [-0.25, -0.2) is 0 Å². The van der Waals surface area contributed by atoms with Gasteiger partial charge in [-0.05, 0) is 38.1 Å². The zero-order chi connectivity index (χ0) is 15.2. The zero-order valence-corrected chi connectivity index (χ0v) is 13.0. The largest absolute Gasteiger partial charge is 0.481 e. The normalized spacial score (nSPS) is 30.8. The molecule has 1 amide bonds. The zero-order valence-electron chi connectivity index (χ0n) is 13.0. The van der Waals surface area contributed by atoms with Gasteiger partial charge in [-0.2, -0.15) is 0 Å². The predicted octanol–water partition coefficient (Wildman–Crippen LogP) is 2.01. The first-order chi connectivity index (χ1) is 10.1. The van der Waals surface area contributed by atoms with Crippen molar-refractivity contribution in [3.63, 3.8) is 0 Å². The molecule has 2 rings (SSSR count). The highest BCUT2D eigenvalue weighted by molar-refractivity contribution is 5.78. The summed E-state index contributed by atoms with van der Waals surface area (Å²) >= 11 is 0. The van der Waals surface area contributed by atoms with Crippen LogP contribution in [0.2, 0.25) is 0 Å². The molecule has 0 bridgehead atoms. The highest BCUT2D eigenvalue weighted by atomic mass is 16.4. The van der Waals surface area contributed by atoms with E-state index in [2.05, 4.69) is 17.1 Å². The lowest BCUT2D eigenvalue weighted by Crippen LogP contribution is -2.49. The maximum atomic E-state index is 12.3. The number of hydrogen-bond donors (Lipinski definition) is 2. The molecule has 3 atom stereocenters. The number of piperidine rings is 1. The highest BCUT2D eigenvalue weighted by Gasteiger charge is 2.28. The Kier molecular flexibility index (Phi) is 6.03. The van der Waals surface area contributed by atoms with Gasteiger partial charge in [-0.1, -0.05) is 26.2 Å². The molecule has 5 heteroatoms. The molecule has 1 heterocycles. The van der Waals surface area contributed by atoms with Crippen LogP contribution in [0.1, 0.15) is 58.3 Å². The van der Waals surface area contributed by atoms with Crippen LogP contribution in [-0.2, 0) is 9.59 Å². The highest BCUT2D eigenvalue weighted by Crippen LogP contribution is 2.24. The number of amides is 1. The van der Waals surface area contributed by atoms with E-state index in [9.17, 15) is 9.59 Å². The van der Waals surface area contributed by atoms with Crippen molar-refractivity contribution in [2.24, 2.45) is 5.92 Å². The Morgan fingerprint density at radius 1 is 1.14 bits per heavy atom. The number of nitrogens with zero attached hydrogens (tertiary/aromatic N) is 1. The van der Waals surface area contributed by atoms with Crippen molar-refractivity contribution < 1.29 is 14.7 Å². The van der Waals surface area contributed by atoms with Crippen LogP contribution in [0.15, 0.2) is 0 Å². The molecule has 0 spiro atoms. The first kappa shape index (κ1) is 16.3. The molecular formula is C16H28N2O3. The van der Waals surface area contributed by atoms with Gasteiger partial charge in [0.25, 0.3) is 0 Å². The third-order valence-electron chi connectivity index (χ3n) is 4.96. The fourth-order valence-corrected chi connectivity index (χ4v) is 3.67. The van der Waals surface area contributed by atoms with Gasteiger partial charge >= 0.3 is 5.97 Å². The van der Waals surface area contributed by atoms with E-state index in [1.165, 1.54) is 19.3 Å². The van der Waals surface area contributed by atoms with E-state index in [-0.39, 0.29) is 18.4 Å². The summed E-state index contributed by atoms with van der Waals surface area (Å²) in [4.78, 5) is 25.2. The average Bonchev–Trinajstić information content (AvgIpc) is 2.43. The molecule has 21 heavy (non-hydrogen) atoms. The Balaban J connectivity index is 1.83. The minimum absolute atomic E-state index is 0.0192. The minimum atomic E-state index is -0.770. The summed E-state index contributed by atoms with van der Waals surface area (Å²) < 4.78 is 0. The molecule has 1 saturated carbocycles. The van der Waals surface area contributed by atoms with E-state index in [1.807, 2.05) is 0 Å². The first-order valence-corrected chi connectivity index (χ1v) is 8.31. The van der Waals surface area contributed by atoms with Crippen molar-refractivity contribution in [3.05, 3.63) is 0 Å². The Morgan fingerprint density at radius 3 is 2.57 bits per heavy atom. The standard InChI is InChI=1S/C16H28N2O3/c1-12-6-2-3-8-14(12)17-15(19)11-18-9-5-4-7-13(18)10-16(20)21/h12-14H,2-11H2,1H3,(H,17,19)(H,20,21). The van der Waals surface area contributed by atoms with Gasteiger partial charge in [0.2, 0.25) is 5.91 Å². The summed E-state index contributed by atoms with van der Waals surface area (Å²) in [5.41, 5.74) is 0. The minimum Gasteiger partial charge on any atom is -0.481 e. The number of carbonyl (C=O) groups excluding carboxylic acids is 1. The summed E-state index contributed by atoms with van der Waals surface area (Å²) in [6, 6.07) is 0.319. The summed E-state index contributed by atoms with van der Waals surface area (Å²) in [6.07, 6.45) is 7.88. The molecule has 1 saturated heterocycles. The molecule has 3 unspecified atom stereocenters. The predicted molar refractivity (Wildman–Crippen MR) is 81.0 cm³/mol. The fraction of sp³-hybridized carbons (Fsp3) is 0.875. The van der Waals surface area contributed by atoms with E-state index >= 15 is 0 Å². The van der Waals surface area contributed by atoms with Crippen LogP contribution in [0.25, 0.3) is 0 Å². The summed E-state index contributed by atoms with van der Waals surface area (Å²) in [5, 5.41) is 12.1. The fourth-order valence-electron chi connectivity index (χ4n) is 3.67. The molecule has 2 N–H and O–H groups in total. The molecule has 0 aromatic heterocycles. The van der Waals surface area contributed by atoms with Gasteiger partial charge in [0.15, 0.2) is 0 Å². The Morgan fingerprint density at radius 2 is 1.86 bits per heavy atom. The summed E-state index contributed by atoms with van der Waals surface area (Å²) in [5.74, 6) is -0.155. The molecule has 0 aromatic carbocycles. The van der Waals surface area contributed by atoms with Gasteiger partial charge in [-0.15, -0.1) is 0 Å². The number of carboxylic acids is 1. The number of likely N-dealkylation sites (tertiary alicyclic amines) is 1. The Labute approximate surface area is 127 Å². The van der Waals surface area contributed by atoms with Gasteiger partial charge in [-0.3, -0.25) is 14.5 Å². The topological polar surface area (TPSA) is 69.6 Å². The molecule has 5 nitrogen and oxygen atoms in total. The lowest BCUT2D eigenvalue weighted by Gasteiger charge is -2.35. The van der Waals surface area contributed by atoms with E-state index in [0.717, 1.165) is 32.2 Å². The number of carboxylic acid groups (broad SMARTS) is 1. The van der Waals surface area contributed by atoms with Crippen LogP contribution in [0.3, 0.4) is 0 Å². The third-order valence-corrected chi connectivity index (χ3v) is 4.96. The average molecular weight is 296 g/mol. The van der Waals surface area contributed by atoms with Crippen molar-refractivity contribution in [3.8, 4) is 0 Å². The molecule has 2 fully saturated rings. The molecule has 120 valence electrons. The molecular weight excluding hydrogens is 268 g/mol. The Hall–Kier alpha value is -1.10. The maximum Gasteiger partial charge on any atom is 0.304 e. The molecule has 1 aliphatic carbocycles. The smallest absolute Gasteiger partial charge is 0.304 e. The molecule has 0 radical (unpaired) electrons. The maximum absolute atomic E-state index is 12.3. The number of hydrogen-bond acceptors (Lipinski definition) is 3. The molecule has 2 aliphatic rings. The van der Waals surface area contributed by atoms with Gasteiger partial charge < -0.3 is 10.4 Å². The lowest BCUT2D eigenvalue weighted by atomic mass is 9.86. The molecule has 0 aromatic rings. The monoisotopic (exact) mass is 296 g/mol. The van der Waals surface area contributed by atoms with Gasteiger partial charge in [0, 0.05) is 12.1 Å². The SMILES string of the molecule is CC1CCCCC1NC(=O)CN1CCCCC1CC(=O)O. The number of aliphatic carboxylic acids is 1. The van der Waals surface area contributed by atoms with Crippen molar-refractivity contribution in [1.82, 2.24) is 10.2 Å². The van der Waals surface area contributed by atoms with Crippen LogP contribution in [0, 0.1) is 5.92 Å². The van der Waals surface area contributed by atoms with Crippen molar-refractivity contribution in [2.75, 3.05) is 13.1 Å². The molecule has 1 aliphatic heterocycles. The second-order valence-electron chi connectivity index (χ2n) is 6.65. The number of rotatable bonds is 5. The Bertz CT molecular complexity index is 373. The van der Waals surface area contributed by atoms with Crippen LogP contribution in [0.4, 0.5) is 0 Å². The van der Waals surface area contributed by atoms with Gasteiger partial charge in [0.05, 0.1) is 13.0 Å². The van der Waals surface area contributed by atoms with Crippen molar-refractivity contribution >= 4 is 11.9 Å². The van der Waals surface area contributed by atoms with E-state index in [0.29, 0.717) is 18.5 Å². The number of nitrogens with one attached hydrogen (secondary N) is 1. The van der Waals surface area contributed by atoms with Crippen LogP contribution < -0.4 is 5.32 Å². The summed E-state index contributed by atoms with van der Waals surface area (Å²) in [7, 11) is 0. The quantitative estimate of drug-likeness (QED) is 0.814. The van der Waals surface area contributed by atoms with Crippen molar-refractivity contribution in [2.45, 2.75) is 70.4 Å². The van der Waals surface area contributed by atoms with Crippen LogP contribution in [0.5, 0.6) is 0 Å². The van der Waals surface area contributed by atoms with Gasteiger partial charge in [0.1, 0.15) is 0 Å². The number of carbonyl (C=O) groups is 2. The summed E-state index contributed by atoms with van der Waals surface area (Å²) in [6.45, 7) is 3.39. The second kappa shape index (κ2) is 7.78. The van der Waals surface area contributed by atoms with E-state index in [1.54, 1.807) is 0 Å².